The number of aliphatic hydroxyl groups is 3. The van der Waals surface area contributed by atoms with E-state index in [-0.39, 0.29) is 25.2 Å². The van der Waals surface area contributed by atoms with Crippen molar-refractivity contribution in [2.24, 2.45) is 22.7 Å². The summed E-state index contributed by atoms with van der Waals surface area (Å²) >= 11 is 0. The van der Waals surface area contributed by atoms with Gasteiger partial charge in [-0.2, -0.15) is 0 Å². The van der Waals surface area contributed by atoms with E-state index in [1.54, 1.807) is 6.92 Å². The number of hydrogen-bond donors (Lipinski definition) is 5. The molecular formula is C27H35FN4O14. The molecule has 46 heavy (non-hydrogen) atoms. The monoisotopic (exact) mass is 658 g/mol. The van der Waals surface area contributed by atoms with Crippen LogP contribution in [-0.4, -0.2) is 98.5 Å². The highest BCUT2D eigenvalue weighted by Gasteiger charge is 2.76. The molecule has 0 aliphatic heterocycles. The fourth-order valence-electron chi connectivity index (χ4n) is 7.88. The number of fused-ring (bicyclic) bond motifs is 5. The van der Waals surface area contributed by atoms with E-state index in [0.717, 1.165) is 0 Å². The molecule has 0 aromatic carbocycles. The number of halogens is 1. The van der Waals surface area contributed by atoms with Crippen LogP contribution in [-0.2, 0) is 28.8 Å². The molecule has 3 fully saturated rings. The second kappa shape index (κ2) is 12.5. The van der Waals surface area contributed by atoms with Crippen LogP contribution in [0.1, 0.15) is 46.0 Å². The van der Waals surface area contributed by atoms with E-state index in [0.29, 0.717) is 12.0 Å². The second-order valence-electron chi connectivity index (χ2n) is 12.4. The van der Waals surface area contributed by atoms with Crippen LogP contribution in [0, 0.1) is 42.9 Å². The average molecular weight is 659 g/mol. The topological polar surface area (TPSA) is 267 Å². The first-order valence-electron chi connectivity index (χ1n) is 14.4. The molecule has 3 saturated carbocycles. The number of allylic oxidation sites excluding steroid dienone is 4. The van der Waals surface area contributed by atoms with E-state index in [1.165, 1.54) is 25.2 Å². The first-order valence-corrected chi connectivity index (χ1v) is 14.4. The fourth-order valence-corrected chi connectivity index (χ4v) is 7.88. The molecular weight excluding hydrogens is 623 g/mol. The Hall–Kier alpha value is -4.23. The third-order valence-electron chi connectivity index (χ3n) is 10.1. The number of nitrogens with one attached hydrogen (secondary N) is 2. The minimum Gasteiger partial charge on any atom is -0.441 e. The normalized spacial score (nSPS) is 36.0. The van der Waals surface area contributed by atoms with Crippen LogP contribution in [0.5, 0.6) is 0 Å². The van der Waals surface area contributed by atoms with E-state index < -0.39 is 106 Å². The minimum atomic E-state index is -2.53. The lowest BCUT2D eigenvalue weighted by atomic mass is 9.44. The highest BCUT2D eigenvalue weighted by molar-refractivity contribution is 6.01. The maximum atomic E-state index is 17.2. The van der Waals surface area contributed by atoms with Gasteiger partial charge in [0.25, 0.3) is 16.5 Å². The van der Waals surface area contributed by atoms with Crippen molar-refractivity contribution in [2.45, 2.75) is 75.7 Å². The van der Waals surface area contributed by atoms with Crippen molar-refractivity contribution in [3.63, 3.8) is 0 Å². The number of aliphatic hydroxyl groups excluding tert-OH is 2. The van der Waals surface area contributed by atoms with Crippen LogP contribution in [0.3, 0.4) is 0 Å². The lowest BCUT2D eigenvalue weighted by Gasteiger charge is -2.62. The molecule has 8 atom stereocenters. The third kappa shape index (κ3) is 5.77. The summed E-state index contributed by atoms with van der Waals surface area (Å²) < 4.78 is 22.0. The number of carbonyl (C=O) groups excluding carboxylic acids is 4. The van der Waals surface area contributed by atoms with Crippen LogP contribution < -0.4 is 10.6 Å². The molecule has 0 aromatic rings. The number of ether oxygens (including phenoxy) is 1. The van der Waals surface area contributed by atoms with Gasteiger partial charge in [0.05, 0.1) is 18.8 Å². The number of alkyl carbamates (subject to hydrolysis) is 1. The first-order chi connectivity index (χ1) is 21.4. The average Bonchev–Trinajstić information content (AvgIpc) is 3.16. The van der Waals surface area contributed by atoms with E-state index in [4.69, 9.17) is 4.74 Å². The van der Waals surface area contributed by atoms with Crippen molar-refractivity contribution < 1.29 is 63.5 Å². The van der Waals surface area contributed by atoms with Gasteiger partial charge in [-0.1, -0.05) is 18.6 Å². The van der Waals surface area contributed by atoms with Crippen LogP contribution >= 0.6 is 0 Å². The summed E-state index contributed by atoms with van der Waals surface area (Å²) in [4.78, 5) is 78.2. The van der Waals surface area contributed by atoms with Gasteiger partial charge in [0.2, 0.25) is 11.7 Å². The summed E-state index contributed by atoms with van der Waals surface area (Å²) in [5, 5.41) is 56.4. The number of hydrogen-bond acceptors (Lipinski definition) is 14. The summed E-state index contributed by atoms with van der Waals surface area (Å²) in [6.07, 6.45) is -3.04. The Labute approximate surface area is 260 Å². The number of ketones is 2. The summed E-state index contributed by atoms with van der Waals surface area (Å²) in [7, 11) is 0. The van der Waals surface area contributed by atoms with Crippen molar-refractivity contribution in [1.29, 1.82) is 0 Å². The molecule has 2 amide bonds. The standard InChI is InChI=1S/C27H35FN4O14/c1-24-7-5-15(33)9-14(24)3-4-16-17-10-18(34)27(39,25(17,2)11-19(35)26(16,24)28)20(36)13-44-23(38)30-12-21(37)29-8-6-22(45-31(40)41)46-32(42)43/h5,7,9,16-19,22,34-35,39H,3-4,6,8,10-13H2,1-2H3,(H,29,37)(H,30,38)/t16-,17-,18+,19-,24-,25-,26-,27-/m0/s1. The number of alkyl halides is 1. The summed E-state index contributed by atoms with van der Waals surface area (Å²) in [5.74, 6) is -3.90. The fraction of sp³-hybridized carbons (Fsp3) is 0.704. The van der Waals surface area contributed by atoms with E-state index in [1.807, 2.05) is 5.32 Å². The molecule has 0 spiro atoms. The number of amides is 2. The summed E-state index contributed by atoms with van der Waals surface area (Å²) in [6.45, 7) is 0.937. The van der Waals surface area contributed by atoms with Crippen LogP contribution in [0.25, 0.3) is 0 Å². The summed E-state index contributed by atoms with van der Waals surface area (Å²) in [6, 6.07) is 0. The van der Waals surface area contributed by atoms with Crippen molar-refractivity contribution in [2.75, 3.05) is 19.7 Å². The molecule has 0 unspecified atom stereocenters. The zero-order valence-corrected chi connectivity index (χ0v) is 24.9. The molecule has 4 aliphatic rings. The largest absolute Gasteiger partial charge is 0.441 e. The quantitative estimate of drug-likeness (QED) is 0.102. The highest BCUT2D eigenvalue weighted by Crippen LogP contribution is 2.69. The lowest BCUT2D eigenvalue weighted by Crippen LogP contribution is -2.69. The Balaban J connectivity index is 1.35. The van der Waals surface area contributed by atoms with Gasteiger partial charge in [-0.05, 0) is 50.7 Å². The predicted molar refractivity (Wildman–Crippen MR) is 147 cm³/mol. The third-order valence-corrected chi connectivity index (χ3v) is 10.1. The maximum Gasteiger partial charge on any atom is 0.408 e. The zero-order chi connectivity index (χ0) is 34.2. The maximum absolute atomic E-state index is 17.2. The number of Topliss-reactive ketones (excluding diaryl/α,β-unsaturated/α-hetero) is 1. The second-order valence-corrected chi connectivity index (χ2v) is 12.4. The summed E-state index contributed by atoms with van der Waals surface area (Å²) in [5.41, 5.74) is -7.09. The van der Waals surface area contributed by atoms with Crippen molar-refractivity contribution in [1.82, 2.24) is 10.6 Å². The molecule has 254 valence electrons. The van der Waals surface area contributed by atoms with Gasteiger partial charge < -0.3 is 30.7 Å². The number of carbonyl (C=O) groups is 4. The van der Waals surface area contributed by atoms with Gasteiger partial charge in [0, 0.05) is 29.7 Å². The Kier molecular flexibility index (Phi) is 9.43. The zero-order valence-electron chi connectivity index (χ0n) is 24.9. The smallest absolute Gasteiger partial charge is 0.408 e. The van der Waals surface area contributed by atoms with Crippen molar-refractivity contribution in [3.05, 3.63) is 44.0 Å². The van der Waals surface area contributed by atoms with Gasteiger partial charge in [-0.3, -0.25) is 24.1 Å². The molecule has 0 radical (unpaired) electrons. The Morgan fingerprint density at radius 3 is 2.39 bits per heavy atom. The molecule has 0 aromatic heterocycles. The molecule has 5 N–H and O–H groups in total. The van der Waals surface area contributed by atoms with Crippen molar-refractivity contribution in [3.8, 4) is 0 Å². The molecule has 4 aliphatic carbocycles. The minimum absolute atomic E-state index is 0.174. The Morgan fingerprint density at radius 2 is 1.76 bits per heavy atom. The lowest BCUT2D eigenvalue weighted by molar-refractivity contribution is -0.851. The van der Waals surface area contributed by atoms with Crippen LogP contribution in [0.15, 0.2) is 23.8 Å². The van der Waals surface area contributed by atoms with Gasteiger partial charge in [0.1, 0.15) is 0 Å². The van der Waals surface area contributed by atoms with E-state index in [2.05, 4.69) is 15.0 Å². The number of rotatable bonds is 12. The Bertz CT molecular complexity index is 1360. The predicted octanol–water partition coefficient (Wildman–Crippen LogP) is -0.397. The van der Waals surface area contributed by atoms with Gasteiger partial charge >= 0.3 is 6.09 Å². The van der Waals surface area contributed by atoms with Crippen LogP contribution in [0.4, 0.5) is 9.18 Å². The molecule has 19 heteroatoms. The SMILES string of the molecule is C[C@]12C=CC(=O)C=C1CC[C@H]1[C@@H]3C[C@@H](O)[C@](O)(C(=O)COC(=O)NCC(=O)NCCC(O[N+](=O)[O-])O[N+](=O)[O-])[C@@]3(C)C[C@H](O)[C@@]12F. The Morgan fingerprint density at radius 1 is 1.11 bits per heavy atom. The molecule has 0 bridgehead atoms. The van der Waals surface area contributed by atoms with Gasteiger partial charge in [0.15, 0.2) is 23.7 Å². The molecule has 0 saturated heterocycles. The molecule has 18 nitrogen and oxygen atoms in total. The molecule has 0 heterocycles. The van der Waals surface area contributed by atoms with Crippen LogP contribution in [0.2, 0.25) is 0 Å². The highest BCUT2D eigenvalue weighted by atomic mass is 19.1. The van der Waals surface area contributed by atoms with E-state index >= 15 is 4.39 Å². The van der Waals surface area contributed by atoms with Gasteiger partial charge in [-0.25, -0.2) is 9.18 Å². The molecule has 4 rings (SSSR count). The van der Waals surface area contributed by atoms with Gasteiger partial charge in [-0.15, -0.1) is 20.2 Å². The number of nitrogens with zero attached hydrogens (tertiary/aromatic N) is 2. The van der Waals surface area contributed by atoms with Crippen molar-refractivity contribution >= 4 is 23.6 Å². The van der Waals surface area contributed by atoms with E-state index in [9.17, 15) is 54.7 Å². The first kappa shape index (κ1) is 34.6.